The van der Waals surface area contributed by atoms with Gasteiger partial charge in [-0.1, -0.05) is 6.92 Å². The lowest BCUT2D eigenvalue weighted by molar-refractivity contribution is -0.150. The minimum Gasteiger partial charge on any atom is -0.320 e. The second-order valence-corrected chi connectivity index (χ2v) is 5.01. The largest absolute Gasteiger partial charge is 0.320 e. The fraction of sp³-hybridized carbons (Fsp3) is 0.615. The Bertz CT molecular complexity index is 483. The molecule has 1 aliphatic rings. The molecule has 1 aliphatic heterocycles. The van der Waals surface area contributed by atoms with Gasteiger partial charge in [-0.25, -0.2) is 0 Å². The molecule has 6 heteroatoms. The van der Waals surface area contributed by atoms with Gasteiger partial charge in [-0.05, 0) is 25.8 Å². The van der Waals surface area contributed by atoms with Crippen molar-refractivity contribution < 1.29 is 9.59 Å². The number of nitrogens with zero attached hydrogens (tertiary/aromatic N) is 3. The Morgan fingerprint density at radius 2 is 2.26 bits per heavy atom. The van der Waals surface area contributed by atoms with Crippen LogP contribution in [0.2, 0.25) is 0 Å². The second-order valence-electron chi connectivity index (χ2n) is 5.01. The zero-order valence-corrected chi connectivity index (χ0v) is 11.4. The highest BCUT2D eigenvalue weighted by molar-refractivity contribution is 6.00. The topological polar surface area (TPSA) is 81.2 Å². The molecule has 2 rings (SSSR count). The Hall–Kier alpha value is -1.69. The highest BCUT2D eigenvalue weighted by Gasteiger charge is 2.32. The van der Waals surface area contributed by atoms with Crippen molar-refractivity contribution >= 4 is 11.8 Å². The molecule has 2 heterocycles. The summed E-state index contributed by atoms with van der Waals surface area (Å²) < 4.78 is 1.86. The van der Waals surface area contributed by atoms with E-state index in [2.05, 4.69) is 18.9 Å². The third-order valence-electron chi connectivity index (χ3n) is 3.58. The fourth-order valence-corrected chi connectivity index (χ4v) is 2.08. The zero-order valence-electron chi connectivity index (χ0n) is 11.4. The van der Waals surface area contributed by atoms with E-state index in [9.17, 15) is 9.59 Å². The maximum absolute atomic E-state index is 11.9. The summed E-state index contributed by atoms with van der Waals surface area (Å²) in [6, 6.07) is 1.59. The number of hydrogen-bond donors (Lipinski definition) is 1. The van der Waals surface area contributed by atoms with Crippen molar-refractivity contribution in [2.45, 2.75) is 51.7 Å². The Morgan fingerprint density at radius 3 is 2.95 bits per heavy atom. The number of rotatable bonds is 4. The molecule has 0 saturated carbocycles. The predicted molar refractivity (Wildman–Crippen MR) is 70.0 cm³/mol. The van der Waals surface area contributed by atoms with Gasteiger partial charge in [-0.15, -0.1) is 0 Å². The summed E-state index contributed by atoms with van der Waals surface area (Å²) in [7, 11) is 0. The SMILES string of the molecule is CCC(C)n1ccc(CN2C(=O)CCC(N)C2=O)n1. The van der Waals surface area contributed by atoms with Gasteiger partial charge < -0.3 is 5.73 Å². The molecule has 2 atom stereocenters. The monoisotopic (exact) mass is 264 g/mol. The number of amides is 2. The molecule has 0 radical (unpaired) electrons. The molecule has 1 saturated heterocycles. The molecule has 0 spiro atoms. The molecule has 2 N–H and O–H groups in total. The summed E-state index contributed by atoms with van der Waals surface area (Å²) in [5, 5.41) is 4.40. The Balaban J connectivity index is 2.09. The van der Waals surface area contributed by atoms with Crippen LogP contribution in [0.4, 0.5) is 0 Å². The number of carbonyl (C=O) groups excluding carboxylic acids is 2. The van der Waals surface area contributed by atoms with Crippen LogP contribution in [-0.2, 0) is 16.1 Å². The van der Waals surface area contributed by atoms with Crippen LogP contribution in [0.15, 0.2) is 12.3 Å². The lowest BCUT2D eigenvalue weighted by Crippen LogP contribution is -2.50. The van der Waals surface area contributed by atoms with Crippen molar-refractivity contribution in [3.63, 3.8) is 0 Å². The van der Waals surface area contributed by atoms with Gasteiger partial charge in [-0.3, -0.25) is 19.2 Å². The van der Waals surface area contributed by atoms with Gasteiger partial charge in [0.15, 0.2) is 0 Å². The van der Waals surface area contributed by atoms with Crippen LogP contribution in [0.1, 0.15) is 44.8 Å². The fourth-order valence-electron chi connectivity index (χ4n) is 2.08. The second kappa shape index (κ2) is 5.52. The van der Waals surface area contributed by atoms with E-state index in [1.807, 2.05) is 16.9 Å². The molecule has 0 aromatic carbocycles. The summed E-state index contributed by atoms with van der Waals surface area (Å²) in [5.74, 6) is -0.459. The van der Waals surface area contributed by atoms with Gasteiger partial charge in [0.1, 0.15) is 0 Å². The van der Waals surface area contributed by atoms with Crippen LogP contribution in [0.3, 0.4) is 0 Å². The molecule has 0 bridgehead atoms. The lowest BCUT2D eigenvalue weighted by Gasteiger charge is -2.27. The van der Waals surface area contributed by atoms with Crippen LogP contribution in [-0.4, -0.2) is 32.5 Å². The molecule has 1 aromatic rings. The quantitative estimate of drug-likeness (QED) is 0.817. The number of carbonyl (C=O) groups is 2. The lowest BCUT2D eigenvalue weighted by atomic mass is 10.1. The van der Waals surface area contributed by atoms with Crippen molar-refractivity contribution in [2.24, 2.45) is 5.73 Å². The Labute approximate surface area is 112 Å². The van der Waals surface area contributed by atoms with Crippen molar-refractivity contribution in [2.75, 3.05) is 0 Å². The Kier molecular flexibility index (Phi) is 3.99. The summed E-state index contributed by atoms with van der Waals surface area (Å²) >= 11 is 0. The first-order valence-corrected chi connectivity index (χ1v) is 6.66. The first kappa shape index (κ1) is 13.7. The minimum absolute atomic E-state index is 0.162. The van der Waals surface area contributed by atoms with Crippen molar-refractivity contribution in [3.8, 4) is 0 Å². The summed E-state index contributed by atoms with van der Waals surface area (Å²) in [6.45, 7) is 4.38. The highest BCUT2D eigenvalue weighted by Crippen LogP contribution is 2.16. The molecule has 0 aliphatic carbocycles. The van der Waals surface area contributed by atoms with Crippen LogP contribution in [0.5, 0.6) is 0 Å². The molecular weight excluding hydrogens is 244 g/mol. The number of nitrogens with two attached hydrogens (primary N) is 1. The maximum atomic E-state index is 11.9. The minimum atomic E-state index is -0.561. The third kappa shape index (κ3) is 2.84. The van der Waals surface area contributed by atoms with Crippen molar-refractivity contribution in [1.29, 1.82) is 0 Å². The molecule has 1 aromatic heterocycles. The van der Waals surface area contributed by atoms with Crippen molar-refractivity contribution in [1.82, 2.24) is 14.7 Å². The average molecular weight is 264 g/mol. The number of aromatic nitrogens is 2. The van der Waals surface area contributed by atoms with E-state index in [4.69, 9.17) is 5.73 Å². The van der Waals surface area contributed by atoms with Crippen LogP contribution < -0.4 is 5.73 Å². The van der Waals surface area contributed by atoms with E-state index in [0.29, 0.717) is 18.9 Å². The van der Waals surface area contributed by atoms with E-state index in [0.717, 1.165) is 12.1 Å². The van der Waals surface area contributed by atoms with Crippen molar-refractivity contribution in [3.05, 3.63) is 18.0 Å². The molecule has 6 nitrogen and oxygen atoms in total. The third-order valence-corrected chi connectivity index (χ3v) is 3.58. The molecule has 19 heavy (non-hydrogen) atoms. The number of likely N-dealkylation sites (tertiary alicyclic amines) is 1. The van der Waals surface area contributed by atoms with Gasteiger partial charge in [0, 0.05) is 18.7 Å². The predicted octanol–water partition coefficient (Wildman–Crippen LogP) is 0.830. The van der Waals surface area contributed by atoms with Crippen LogP contribution in [0, 0.1) is 0 Å². The van der Waals surface area contributed by atoms with Gasteiger partial charge in [0.2, 0.25) is 11.8 Å². The molecule has 1 fully saturated rings. The van der Waals surface area contributed by atoms with Gasteiger partial charge >= 0.3 is 0 Å². The average Bonchev–Trinajstić information content (AvgIpc) is 2.87. The maximum Gasteiger partial charge on any atom is 0.246 e. The van der Waals surface area contributed by atoms with E-state index in [-0.39, 0.29) is 18.4 Å². The van der Waals surface area contributed by atoms with E-state index in [1.54, 1.807) is 0 Å². The number of piperidine rings is 1. The molecular formula is C13H20N4O2. The highest BCUT2D eigenvalue weighted by atomic mass is 16.2. The van der Waals surface area contributed by atoms with E-state index < -0.39 is 6.04 Å². The standard InChI is InChI=1S/C13H20N4O2/c1-3-9(2)17-7-6-10(15-17)8-16-12(18)5-4-11(14)13(16)19/h6-7,9,11H,3-5,8,14H2,1-2H3. The number of imide groups is 1. The zero-order chi connectivity index (χ0) is 14.0. The molecule has 104 valence electrons. The van der Waals surface area contributed by atoms with Crippen LogP contribution >= 0.6 is 0 Å². The first-order valence-electron chi connectivity index (χ1n) is 6.66. The molecule has 2 unspecified atom stereocenters. The van der Waals surface area contributed by atoms with Gasteiger partial charge in [0.05, 0.1) is 18.3 Å². The summed E-state index contributed by atoms with van der Waals surface area (Å²) in [5.41, 5.74) is 6.41. The normalized spacial score (nSPS) is 21.8. The van der Waals surface area contributed by atoms with Gasteiger partial charge in [0.25, 0.3) is 0 Å². The van der Waals surface area contributed by atoms with Gasteiger partial charge in [-0.2, -0.15) is 5.10 Å². The van der Waals surface area contributed by atoms with E-state index >= 15 is 0 Å². The Morgan fingerprint density at radius 1 is 1.53 bits per heavy atom. The molecule has 2 amide bonds. The summed E-state index contributed by atoms with van der Waals surface area (Å²) in [4.78, 5) is 24.9. The van der Waals surface area contributed by atoms with E-state index in [1.165, 1.54) is 4.90 Å². The first-order chi connectivity index (χ1) is 9.02. The smallest absolute Gasteiger partial charge is 0.246 e. The number of hydrogen-bond acceptors (Lipinski definition) is 4. The van der Waals surface area contributed by atoms with Crippen LogP contribution in [0.25, 0.3) is 0 Å². The summed E-state index contributed by atoms with van der Waals surface area (Å²) in [6.07, 6.45) is 3.63.